The summed E-state index contributed by atoms with van der Waals surface area (Å²) in [7, 11) is 0. The van der Waals surface area contributed by atoms with Crippen LogP contribution in [0.25, 0.3) is 0 Å². The molecule has 0 saturated carbocycles. The van der Waals surface area contributed by atoms with Crippen LogP contribution in [0, 0.1) is 0 Å². The van der Waals surface area contributed by atoms with E-state index in [2.05, 4.69) is 0 Å². The average molecular weight is 240 g/mol. The van der Waals surface area contributed by atoms with Crippen LogP contribution in [0.2, 0.25) is 0 Å². The molecule has 0 saturated heterocycles. The van der Waals surface area contributed by atoms with Gasteiger partial charge in [0.1, 0.15) is 12.9 Å². The predicted octanol–water partition coefficient (Wildman–Crippen LogP) is 3.01. The zero-order chi connectivity index (χ0) is 12.4. The van der Waals surface area contributed by atoms with Gasteiger partial charge in [0.25, 0.3) is 0 Å². The van der Waals surface area contributed by atoms with Gasteiger partial charge in [-0.05, 0) is 17.7 Å². The highest BCUT2D eigenvalue weighted by Crippen LogP contribution is 2.35. The maximum atomic E-state index is 10.6. The van der Waals surface area contributed by atoms with E-state index in [0.717, 1.165) is 23.3 Å². The summed E-state index contributed by atoms with van der Waals surface area (Å²) in [5.74, 6) is 1.53. The summed E-state index contributed by atoms with van der Waals surface area (Å²) in [5.41, 5.74) is 1.67. The first-order chi connectivity index (χ1) is 8.86. The molecule has 1 aliphatic rings. The predicted molar refractivity (Wildman–Crippen MR) is 67.1 cm³/mol. The van der Waals surface area contributed by atoms with Crippen molar-refractivity contribution in [2.45, 2.75) is 6.10 Å². The summed E-state index contributed by atoms with van der Waals surface area (Å²) >= 11 is 0. The standard InChI is InChI=1S/C15H12O3/c16-9-11-5-7-12(8-6-11)15-10-17-13-3-1-2-4-14(13)18-15/h1-9,15H,10H2/t15-/m1/s1. The van der Waals surface area contributed by atoms with Gasteiger partial charge in [-0.25, -0.2) is 0 Å². The maximum Gasteiger partial charge on any atom is 0.162 e. The lowest BCUT2D eigenvalue weighted by Gasteiger charge is -2.26. The number of rotatable bonds is 2. The Balaban J connectivity index is 1.84. The largest absolute Gasteiger partial charge is 0.485 e. The third-order valence-corrected chi connectivity index (χ3v) is 2.95. The lowest BCUT2D eigenvalue weighted by atomic mass is 10.1. The minimum absolute atomic E-state index is 0.124. The molecule has 18 heavy (non-hydrogen) atoms. The van der Waals surface area contributed by atoms with Crippen molar-refractivity contribution in [3.05, 3.63) is 59.7 Å². The highest BCUT2D eigenvalue weighted by molar-refractivity contribution is 5.74. The van der Waals surface area contributed by atoms with E-state index < -0.39 is 0 Å². The van der Waals surface area contributed by atoms with Gasteiger partial charge >= 0.3 is 0 Å². The normalized spacial score (nSPS) is 17.2. The Bertz CT molecular complexity index is 560. The van der Waals surface area contributed by atoms with Crippen LogP contribution in [0.5, 0.6) is 11.5 Å². The van der Waals surface area contributed by atoms with Crippen molar-refractivity contribution in [1.29, 1.82) is 0 Å². The van der Waals surface area contributed by atoms with E-state index in [4.69, 9.17) is 9.47 Å². The maximum absolute atomic E-state index is 10.6. The molecule has 2 aromatic rings. The first-order valence-electron chi connectivity index (χ1n) is 5.80. The first kappa shape index (κ1) is 10.8. The van der Waals surface area contributed by atoms with E-state index >= 15 is 0 Å². The number of hydrogen-bond donors (Lipinski definition) is 0. The molecule has 0 spiro atoms. The van der Waals surface area contributed by atoms with Gasteiger partial charge in [-0.1, -0.05) is 36.4 Å². The minimum Gasteiger partial charge on any atom is -0.485 e. The number of carbonyl (C=O) groups is 1. The van der Waals surface area contributed by atoms with E-state index in [1.165, 1.54) is 0 Å². The van der Waals surface area contributed by atoms with Gasteiger partial charge in [0.05, 0.1) is 0 Å². The third kappa shape index (κ3) is 1.95. The van der Waals surface area contributed by atoms with Crippen molar-refractivity contribution in [2.75, 3.05) is 6.61 Å². The van der Waals surface area contributed by atoms with Crippen molar-refractivity contribution in [2.24, 2.45) is 0 Å². The van der Waals surface area contributed by atoms with Gasteiger partial charge in [-0.3, -0.25) is 4.79 Å². The Kier molecular flexibility index (Phi) is 2.73. The molecule has 90 valence electrons. The van der Waals surface area contributed by atoms with Crippen LogP contribution in [0.4, 0.5) is 0 Å². The second kappa shape index (κ2) is 4.53. The zero-order valence-corrected chi connectivity index (χ0v) is 9.71. The zero-order valence-electron chi connectivity index (χ0n) is 9.71. The molecule has 0 unspecified atom stereocenters. The van der Waals surface area contributed by atoms with Crippen LogP contribution >= 0.6 is 0 Å². The lowest BCUT2D eigenvalue weighted by Crippen LogP contribution is -2.21. The molecule has 3 nitrogen and oxygen atoms in total. The lowest BCUT2D eigenvalue weighted by molar-refractivity contribution is 0.0912. The molecule has 2 aromatic carbocycles. The molecule has 1 aliphatic heterocycles. The number of aldehydes is 1. The number of benzene rings is 2. The fourth-order valence-electron chi connectivity index (χ4n) is 1.97. The summed E-state index contributed by atoms with van der Waals surface area (Å²) in [6, 6.07) is 15.0. The van der Waals surface area contributed by atoms with Crippen LogP contribution in [0.3, 0.4) is 0 Å². The van der Waals surface area contributed by atoms with Crippen LogP contribution in [-0.2, 0) is 0 Å². The van der Waals surface area contributed by atoms with Gasteiger partial charge in [0, 0.05) is 5.56 Å². The monoisotopic (exact) mass is 240 g/mol. The molecule has 0 N–H and O–H groups in total. The van der Waals surface area contributed by atoms with Gasteiger partial charge in [0.2, 0.25) is 0 Å². The van der Waals surface area contributed by atoms with Crippen LogP contribution in [-0.4, -0.2) is 12.9 Å². The van der Waals surface area contributed by atoms with Gasteiger partial charge in [-0.15, -0.1) is 0 Å². The minimum atomic E-state index is -0.124. The highest BCUT2D eigenvalue weighted by Gasteiger charge is 2.21. The molecule has 1 heterocycles. The van der Waals surface area contributed by atoms with Crippen LogP contribution < -0.4 is 9.47 Å². The summed E-state index contributed by atoms with van der Waals surface area (Å²) < 4.78 is 11.5. The average Bonchev–Trinajstić information content (AvgIpc) is 2.47. The molecule has 3 rings (SSSR count). The molecule has 0 fully saturated rings. The fourth-order valence-corrected chi connectivity index (χ4v) is 1.97. The molecule has 0 amide bonds. The Morgan fingerprint density at radius 2 is 1.72 bits per heavy atom. The number of para-hydroxylation sites is 2. The van der Waals surface area contributed by atoms with Gasteiger partial charge in [-0.2, -0.15) is 0 Å². The van der Waals surface area contributed by atoms with E-state index in [1.54, 1.807) is 12.1 Å². The van der Waals surface area contributed by atoms with E-state index in [-0.39, 0.29) is 6.10 Å². The van der Waals surface area contributed by atoms with Crippen molar-refractivity contribution in [1.82, 2.24) is 0 Å². The SMILES string of the molecule is O=Cc1ccc([C@H]2COc3ccccc3O2)cc1. The molecule has 0 bridgehead atoms. The Morgan fingerprint density at radius 3 is 2.44 bits per heavy atom. The number of fused-ring (bicyclic) bond motifs is 1. The van der Waals surface area contributed by atoms with E-state index in [0.29, 0.717) is 12.2 Å². The molecule has 0 aromatic heterocycles. The molecule has 0 aliphatic carbocycles. The first-order valence-corrected chi connectivity index (χ1v) is 5.80. The second-order valence-corrected chi connectivity index (χ2v) is 4.15. The van der Waals surface area contributed by atoms with E-state index in [9.17, 15) is 4.79 Å². The van der Waals surface area contributed by atoms with Crippen molar-refractivity contribution >= 4 is 6.29 Å². The topological polar surface area (TPSA) is 35.5 Å². The molecule has 1 atom stereocenters. The summed E-state index contributed by atoms with van der Waals surface area (Å²) in [5, 5.41) is 0. The summed E-state index contributed by atoms with van der Waals surface area (Å²) in [4.78, 5) is 10.6. The highest BCUT2D eigenvalue weighted by atomic mass is 16.6. The second-order valence-electron chi connectivity index (χ2n) is 4.15. The van der Waals surface area contributed by atoms with Crippen LogP contribution in [0.15, 0.2) is 48.5 Å². The van der Waals surface area contributed by atoms with Crippen molar-refractivity contribution < 1.29 is 14.3 Å². The number of carbonyl (C=O) groups excluding carboxylic acids is 1. The van der Waals surface area contributed by atoms with Gasteiger partial charge < -0.3 is 9.47 Å². The molecular weight excluding hydrogens is 228 g/mol. The quantitative estimate of drug-likeness (QED) is 0.757. The van der Waals surface area contributed by atoms with Crippen molar-refractivity contribution in [3.8, 4) is 11.5 Å². The fraction of sp³-hybridized carbons (Fsp3) is 0.133. The molecule has 3 heteroatoms. The number of ether oxygens (including phenoxy) is 2. The third-order valence-electron chi connectivity index (χ3n) is 2.95. The Hall–Kier alpha value is -2.29. The smallest absolute Gasteiger partial charge is 0.162 e. The summed E-state index contributed by atoms with van der Waals surface area (Å²) in [6.07, 6.45) is 0.706. The molecular formula is C15H12O3. The van der Waals surface area contributed by atoms with Gasteiger partial charge in [0.15, 0.2) is 17.6 Å². The number of hydrogen-bond acceptors (Lipinski definition) is 3. The Labute approximate surface area is 105 Å². The Morgan fingerprint density at radius 1 is 1.00 bits per heavy atom. The molecule has 0 radical (unpaired) electrons. The van der Waals surface area contributed by atoms with E-state index in [1.807, 2.05) is 36.4 Å². The van der Waals surface area contributed by atoms with Crippen molar-refractivity contribution in [3.63, 3.8) is 0 Å². The summed E-state index contributed by atoms with van der Waals surface area (Å²) in [6.45, 7) is 0.484. The van der Waals surface area contributed by atoms with Crippen LogP contribution in [0.1, 0.15) is 22.0 Å².